The van der Waals surface area contributed by atoms with Crippen LogP contribution in [0.5, 0.6) is 0 Å². The molecule has 0 atom stereocenters. The summed E-state index contributed by atoms with van der Waals surface area (Å²) in [4.78, 5) is 16.0. The van der Waals surface area contributed by atoms with E-state index in [0.717, 1.165) is 16.5 Å². The topological polar surface area (TPSA) is 68.0 Å². The van der Waals surface area contributed by atoms with E-state index in [0.29, 0.717) is 18.8 Å². The van der Waals surface area contributed by atoms with E-state index in [1.807, 2.05) is 24.3 Å². The lowest BCUT2D eigenvalue weighted by Gasteiger charge is -2.06. The van der Waals surface area contributed by atoms with Crippen LogP contribution in [0, 0.1) is 0 Å². The minimum absolute atomic E-state index is 0.171. The van der Waals surface area contributed by atoms with Crippen LogP contribution < -0.4 is 11.1 Å². The molecule has 0 aliphatic carbocycles. The summed E-state index contributed by atoms with van der Waals surface area (Å²) in [6, 6.07) is 11.5. The van der Waals surface area contributed by atoms with Crippen LogP contribution in [0.2, 0.25) is 0 Å². The molecule has 4 nitrogen and oxygen atoms in total. The third-order valence-corrected chi connectivity index (χ3v) is 3.37. The van der Waals surface area contributed by atoms with Crippen LogP contribution >= 0.6 is 15.9 Å². The molecule has 0 saturated heterocycles. The molecule has 1 aromatic carbocycles. The highest BCUT2D eigenvalue weighted by Crippen LogP contribution is 2.11. The van der Waals surface area contributed by atoms with Crippen molar-refractivity contribution < 1.29 is 4.79 Å². The van der Waals surface area contributed by atoms with E-state index in [-0.39, 0.29) is 5.91 Å². The second kappa shape index (κ2) is 7.17. The molecule has 5 heteroatoms. The first kappa shape index (κ1) is 14.7. The van der Waals surface area contributed by atoms with Gasteiger partial charge in [-0.15, -0.1) is 0 Å². The number of nitrogens with one attached hydrogen (secondary N) is 1. The molecule has 0 unspecified atom stereocenters. The fourth-order valence-corrected chi connectivity index (χ4v) is 2.28. The Kier molecular flexibility index (Phi) is 5.26. The van der Waals surface area contributed by atoms with Gasteiger partial charge in [0, 0.05) is 23.8 Å². The number of nitrogens with two attached hydrogens (primary N) is 1. The van der Waals surface area contributed by atoms with Gasteiger partial charge in [-0.2, -0.15) is 0 Å². The van der Waals surface area contributed by atoms with E-state index in [4.69, 9.17) is 5.73 Å². The highest BCUT2D eigenvalue weighted by Gasteiger charge is 2.06. The van der Waals surface area contributed by atoms with Crippen LogP contribution in [-0.4, -0.2) is 17.4 Å². The molecule has 0 saturated carbocycles. The number of hydrogen-bond acceptors (Lipinski definition) is 3. The zero-order chi connectivity index (χ0) is 14.4. The number of halogens is 1. The van der Waals surface area contributed by atoms with Crippen molar-refractivity contribution in [2.24, 2.45) is 5.73 Å². The van der Waals surface area contributed by atoms with Crippen molar-refractivity contribution in [3.63, 3.8) is 0 Å². The van der Waals surface area contributed by atoms with Crippen LogP contribution in [0.3, 0.4) is 0 Å². The molecule has 0 spiro atoms. The molecular formula is C15H16BrN3O. The summed E-state index contributed by atoms with van der Waals surface area (Å²) in [5.41, 5.74) is 8.02. The van der Waals surface area contributed by atoms with Gasteiger partial charge in [0.2, 0.25) is 0 Å². The van der Waals surface area contributed by atoms with E-state index in [9.17, 15) is 4.79 Å². The Labute approximate surface area is 126 Å². The van der Waals surface area contributed by atoms with Crippen molar-refractivity contribution in [2.75, 3.05) is 6.54 Å². The van der Waals surface area contributed by atoms with Crippen LogP contribution in [0.1, 0.15) is 21.6 Å². The number of aromatic nitrogens is 1. The minimum atomic E-state index is -0.171. The van der Waals surface area contributed by atoms with Crippen LogP contribution in [0.15, 0.2) is 47.1 Å². The Morgan fingerprint density at radius 1 is 1.25 bits per heavy atom. The van der Waals surface area contributed by atoms with Gasteiger partial charge in [0.15, 0.2) is 0 Å². The predicted octanol–water partition coefficient (Wildman–Crippen LogP) is 2.28. The fraction of sp³-hybridized carbons (Fsp3) is 0.200. The Morgan fingerprint density at radius 2 is 2.10 bits per heavy atom. The lowest BCUT2D eigenvalue weighted by atomic mass is 10.1. The van der Waals surface area contributed by atoms with Crippen LogP contribution in [0.25, 0.3) is 0 Å². The molecule has 0 radical (unpaired) electrons. The van der Waals surface area contributed by atoms with Gasteiger partial charge in [0.1, 0.15) is 5.69 Å². The fourth-order valence-electron chi connectivity index (χ4n) is 1.83. The van der Waals surface area contributed by atoms with Gasteiger partial charge in [-0.25, -0.2) is 0 Å². The maximum absolute atomic E-state index is 11.9. The Bertz CT molecular complexity index is 601. The second-order valence-electron chi connectivity index (χ2n) is 4.39. The quantitative estimate of drug-likeness (QED) is 0.881. The van der Waals surface area contributed by atoms with E-state index in [2.05, 4.69) is 26.2 Å². The first-order valence-corrected chi connectivity index (χ1v) is 7.16. The van der Waals surface area contributed by atoms with Gasteiger partial charge in [-0.3, -0.25) is 9.78 Å². The van der Waals surface area contributed by atoms with Gasteiger partial charge in [0.05, 0.1) is 0 Å². The zero-order valence-electron chi connectivity index (χ0n) is 11.0. The summed E-state index contributed by atoms with van der Waals surface area (Å²) in [6.07, 6.45) is 2.38. The first-order valence-electron chi connectivity index (χ1n) is 6.36. The minimum Gasteiger partial charge on any atom is -0.350 e. The second-order valence-corrected chi connectivity index (χ2v) is 5.30. The number of carbonyl (C=O) groups excluding carboxylic acids is 1. The SMILES string of the molecule is NCc1ccnc(C(=O)NCCc2cccc(Br)c2)c1. The standard InChI is InChI=1S/C15H16BrN3O/c16-13-3-1-2-11(8-13)4-7-19-15(20)14-9-12(10-17)5-6-18-14/h1-3,5-6,8-9H,4,7,10,17H2,(H,19,20). The van der Waals surface area contributed by atoms with E-state index < -0.39 is 0 Å². The summed E-state index contributed by atoms with van der Waals surface area (Å²) < 4.78 is 1.04. The smallest absolute Gasteiger partial charge is 0.269 e. The van der Waals surface area contributed by atoms with Gasteiger partial charge < -0.3 is 11.1 Å². The van der Waals surface area contributed by atoms with Crippen molar-refractivity contribution >= 4 is 21.8 Å². The van der Waals surface area contributed by atoms with Crippen LogP contribution in [-0.2, 0) is 13.0 Å². The van der Waals surface area contributed by atoms with Crippen molar-refractivity contribution in [3.05, 3.63) is 63.9 Å². The monoisotopic (exact) mass is 333 g/mol. The largest absolute Gasteiger partial charge is 0.350 e. The van der Waals surface area contributed by atoms with E-state index >= 15 is 0 Å². The number of hydrogen-bond donors (Lipinski definition) is 2. The van der Waals surface area contributed by atoms with Gasteiger partial charge in [0.25, 0.3) is 5.91 Å². The number of nitrogens with zero attached hydrogens (tertiary/aromatic N) is 1. The lowest BCUT2D eigenvalue weighted by Crippen LogP contribution is -2.26. The number of benzene rings is 1. The van der Waals surface area contributed by atoms with Crippen molar-refractivity contribution in [1.82, 2.24) is 10.3 Å². The molecule has 0 aliphatic rings. The average molecular weight is 334 g/mol. The summed E-state index contributed by atoms with van der Waals surface area (Å²) in [5, 5.41) is 2.86. The van der Waals surface area contributed by atoms with Gasteiger partial charge in [-0.1, -0.05) is 28.1 Å². The first-order chi connectivity index (χ1) is 9.69. The van der Waals surface area contributed by atoms with Crippen molar-refractivity contribution in [1.29, 1.82) is 0 Å². The van der Waals surface area contributed by atoms with Crippen molar-refractivity contribution in [3.8, 4) is 0 Å². The number of amides is 1. The molecular weight excluding hydrogens is 318 g/mol. The number of pyridine rings is 1. The van der Waals surface area contributed by atoms with Crippen molar-refractivity contribution in [2.45, 2.75) is 13.0 Å². The predicted molar refractivity (Wildman–Crippen MR) is 82.3 cm³/mol. The maximum Gasteiger partial charge on any atom is 0.269 e. The molecule has 0 bridgehead atoms. The molecule has 1 heterocycles. The molecule has 1 amide bonds. The normalized spacial score (nSPS) is 10.3. The summed E-state index contributed by atoms with van der Waals surface area (Å²) >= 11 is 3.43. The molecule has 1 aromatic heterocycles. The lowest BCUT2D eigenvalue weighted by molar-refractivity contribution is 0.0949. The Morgan fingerprint density at radius 3 is 2.85 bits per heavy atom. The Balaban J connectivity index is 1.89. The average Bonchev–Trinajstić information content (AvgIpc) is 2.47. The molecule has 0 aliphatic heterocycles. The third kappa shape index (κ3) is 4.15. The van der Waals surface area contributed by atoms with E-state index in [1.54, 1.807) is 18.3 Å². The molecule has 0 fully saturated rings. The van der Waals surface area contributed by atoms with Crippen LogP contribution in [0.4, 0.5) is 0 Å². The van der Waals surface area contributed by atoms with Gasteiger partial charge in [-0.05, 0) is 41.8 Å². The summed E-state index contributed by atoms with van der Waals surface area (Å²) in [6.45, 7) is 0.977. The third-order valence-electron chi connectivity index (χ3n) is 2.88. The summed E-state index contributed by atoms with van der Waals surface area (Å²) in [5.74, 6) is -0.171. The summed E-state index contributed by atoms with van der Waals surface area (Å²) in [7, 11) is 0. The molecule has 2 aromatic rings. The molecule has 104 valence electrons. The molecule has 3 N–H and O–H groups in total. The van der Waals surface area contributed by atoms with Gasteiger partial charge >= 0.3 is 0 Å². The molecule has 20 heavy (non-hydrogen) atoms. The zero-order valence-corrected chi connectivity index (χ0v) is 12.6. The maximum atomic E-state index is 11.9. The van der Waals surface area contributed by atoms with E-state index in [1.165, 1.54) is 5.56 Å². The highest BCUT2D eigenvalue weighted by molar-refractivity contribution is 9.10. The number of rotatable bonds is 5. The highest BCUT2D eigenvalue weighted by atomic mass is 79.9. The Hall–Kier alpha value is -1.72. The molecule has 2 rings (SSSR count). The number of carbonyl (C=O) groups is 1.